The van der Waals surface area contributed by atoms with Crippen LogP contribution in [0.1, 0.15) is 47.4 Å². The molecule has 5 heteroatoms. The van der Waals surface area contributed by atoms with E-state index in [9.17, 15) is 4.79 Å². The minimum Gasteiger partial charge on any atom is -0.484 e. The van der Waals surface area contributed by atoms with Crippen molar-refractivity contribution in [1.82, 2.24) is 9.97 Å². The molecule has 5 rings (SSSR count). The van der Waals surface area contributed by atoms with Crippen molar-refractivity contribution < 1.29 is 14.3 Å². The van der Waals surface area contributed by atoms with Gasteiger partial charge in [0.2, 0.25) is 0 Å². The van der Waals surface area contributed by atoms with E-state index in [1.165, 1.54) is 5.56 Å². The van der Waals surface area contributed by atoms with Crippen molar-refractivity contribution in [3.8, 4) is 22.9 Å². The van der Waals surface area contributed by atoms with Gasteiger partial charge >= 0.3 is 0 Å². The van der Waals surface area contributed by atoms with Crippen LogP contribution in [0.3, 0.4) is 0 Å². The third kappa shape index (κ3) is 3.20. The predicted molar refractivity (Wildman–Crippen MR) is 111 cm³/mol. The van der Waals surface area contributed by atoms with E-state index in [-0.39, 0.29) is 11.2 Å². The van der Waals surface area contributed by atoms with Gasteiger partial charge in [-0.3, -0.25) is 4.79 Å². The fraction of sp³-hybridized carbons (Fsp3) is 0.333. The van der Waals surface area contributed by atoms with Crippen LogP contribution in [-0.4, -0.2) is 29.0 Å². The van der Waals surface area contributed by atoms with Crippen molar-refractivity contribution in [3.63, 3.8) is 0 Å². The standard InChI is InChI=1S/C24H24N2O3/c1-24(2)13-18-20(19(27)14-24)17(12-15-6-4-3-5-7-15)21(26-18)16-8-9-25-23-22(16)28-10-11-29-23/h3-9,26H,10-14H2,1-2H3. The zero-order valence-electron chi connectivity index (χ0n) is 16.7. The zero-order chi connectivity index (χ0) is 20.0. The van der Waals surface area contributed by atoms with Gasteiger partial charge in [-0.15, -0.1) is 0 Å². The maximum absolute atomic E-state index is 13.2. The van der Waals surface area contributed by atoms with Crippen LogP contribution in [0.2, 0.25) is 0 Å². The van der Waals surface area contributed by atoms with Gasteiger partial charge in [0.05, 0.1) is 5.69 Å². The van der Waals surface area contributed by atoms with Crippen LogP contribution in [0.25, 0.3) is 11.3 Å². The highest BCUT2D eigenvalue weighted by molar-refractivity contribution is 6.02. The summed E-state index contributed by atoms with van der Waals surface area (Å²) in [6.07, 6.45) is 3.83. The van der Waals surface area contributed by atoms with Gasteiger partial charge < -0.3 is 14.5 Å². The van der Waals surface area contributed by atoms with Gasteiger partial charge in [0.25, 0.3) is 5.88 Å². The Labute approximate surface area is 170 Å². The highest BCUT2D eigenvalue weighted by Gasteiger charge is 2.36. The van der Waals surface area contributed by atoms with E-state index in [0.29, 0.717) is 37.7 Å². The largest absolute Gasteiger partial charge is 0.484 e. The topological polar surface area (TPSA) is 64.2 Å². The van der Waals surface area contributed by atoms with Gasteiger partial charge in [0.1, 0.15) is 13.2 Å². The van der Waals surface area contributed by atoms with Gasteiger partial charge in [-0.05, 0) is 29.0 Å². The predicted octanol–water partition coefficient (Wildman–Crippen LogP) is 4.59. The SMILES string of the molecule is CC1(C)CC(=O)c2c([nH]c(-c3ccnc4c3OCCO4)c2Cc2ccccc2)C1. The second-order valence-electron chi connectivity index (χ2n) is 8.63. The van der Waals surface area contributed by atoms with Crippen LogP contribution in [-0.2, 0) is 12.8 Å². The van der Waals surface area contributed by atoms with Crippen molar-refractivity contribution in [1.29, 1.82) is 0 Å². The third-order valence-electron chi connectivity index (χ3n) is 5.69. The summed E-state index contributed by atoms with van der Waals surface area (Å²) < 4.78 is 11.6. The lowest BCUT2D eigenvalue weighted by atomic mass is 9.75. The Morgan fingerprint density at radius 3 is 2.69 bits per heavy atom. The summed E-state index contributed by atoms with van der Waals surface area (Å²) in [4.78, 5) is 21.1. The minimum atomic E-state index is -0.0481. The summed E-state index contributed by atoms with van der Waals surface area (Å²) in [5.74, 6) is 1.38. The molecule has 0 unspecified atom stereocenters. The minimum absolute atomic E-state index is 0.0481. The molecule has 3 aromatic rings. The van der Waals surface area contributed by atoms with Gasteiger partial charge in [-0.1, -0.05) is 44.2 Å². The quantitative estimate of drug-likeness (QED) is 0.713. The molecule has 5 nitrogen and oxygen atoms in total. The fourth-order valence-electron chi connectivity index (χ4n) is 4.49. The lowest BCUT2D eigenvalue weighted by molar-refractivity contribution is 0.0911. The molecule has 0 amide bonds. The van der Waals surface area contributed by atoms with Crippen LogP contribution in [0.15, 0.2) is 42.6 Å². The van der Waals surface area contributed by atoms with Crippen molar-refractivity contribution >= 4 is 5.78 Å². The van der Waals surface area contributed by atoms with Crippen LogP contribution in [0.4, 0.5) is 0 Å². The molecule has 1 aromatic carbocycles. The number of carbonyl (C=O) groups excluding carboxylic acids is 1. The van der Waals surface area contributed by atoms with E-state index in [4.69, 9.17) is 9.47 Å². The molecule has 3 heterocycles. The van der Waals surface area contributed by atoms with Crippen LogP contribution in [0, 0.1) is 5.41 Å². The van der Waals surface area contributed by atoms with Crippen molar-refractivity contribution in [2.24, 2.45) is 5.41 Å². The average molecular weight is 388 g/mol. The Morgan fingerprint density at radius 1 is 1.07 bits per heavy atom. The Bertz CT molecular complexity index is 1080. The molecule has 148 valence electrons. The number of aromatic nitrogens is 2. The van der Waals surface area contributed by atoms with Crippen LogP contribution >= 0.6 is 0 Å². The van der Waals surface area contributed by atoms with Gasteiger partial charge in [-0.2, -0.15) is 0 Å². The molecule has 0 atom stereocenters. The number of benzene rings is 1. The van der Waals surface area contributed by atoms with E-state index < -0.39 is 0 Å². The number of rotatable bonds is 3. The summed E-state index contributed by atoms with van der Waals surface area (Å²) >= 11 is 0. The fourth-order valence-corrected chi connectivity index (χ4v) is 4.49. The van der Waals surface area contributed by atoms with E-state index in [1.807, 2.05) is 24.3 Å². The first-order chi connectivity index (χ1) is 14.0. The molecule has 2 aromatic heterocycles. The van der Waals surface area contributed by atoms with Gasteiger partial charge in [-0.25, -0.2) is 4.98 Å². The first kappa shape index (κ1) is 18.0. The lowest BCUT2D eigenvalue weighted by Crippen LogP contribution is -2.27. The summed E-state index contributed by atoms with van der Waals surface area (Å²) in [6.45, 7) is 5.28. The number of hydrogen-bond donors (Lipinski definition) is 1. The van der Waals surface area contributed by atoms with E-state index >= 15 is 0 Å². The monoisotopic (exact) mass is 388 g/mol. The second-order valence-corrected chi connectivity index (χ2v) is 8.63. The number of carbonyl (C=O) groups is 1. The van der Waals surface area contributed by atoms with Crippen molar-refractivity contribution in [3.05, 3.63) is 65.0 Å². The summed E-state index contributed by atoms with van der Waals surface area (Å²) in [5.41, 5.74) is 5.88. The van der Waals surface area contributed by atoms with E-state index in [0.717, 1.165) is 34.5 Å². The molecular formula is C24H24N2O3. The highest BCUT2D eigenvalue weighted by atomic mass is 16.6. The van der Waals surface area contributed by atoms with E-state index in [2.05, 4.69) is 35.9 Å². The van der Waals surface area contributed by atoms with Crippen LogP contribution in [0.5, 0.6) is 11.6 Å². The first-order valence-electron chi connectivity index (χ1n) is 10.1. The molecule has 0 bridgehead atoms. The molecule has 2 aliphatic rings. The molecule has 1 N–H and O–H groups in total. The second kappa shape index (κ2) is 6.76. The maximum atomic E-state index is 13.2. The van der Waals surface area contributed by atoms with Crippen molar-refractivity contribution in [2.75, 3.05) is 13.2 Å². The summed E-state index contributed by atoms with van der Waals surface area (Å²) in [7, 11) is 0. The zero-order valence-corrected chi connectivity index (χ0v) is 16.7. The maximum Gasteiger partial charge on any atom is 0.257 e. The molecular weight excluding hydrogens is 364 g/mol. The smallest absolute Gasteiger partial charge is 0.257 e. The number of aromatic amines is 1. The van der Waals surface area contributed by atoms with Gasteiger partial charge in [0, 0.05) is 35.9 Å². The summed E-state index contributed by atoms with van der Waals surface area (Å²) in [5, 5.41) is 0. The number of nitrogens with one attached hydrogen (secondary N) is 1. The first-order valence-corrected chi connectivity index (χ1v) is 10.1. The van der Waals surface area contributed by atoms with Crippen LogP contribution < -0.4 is 9.47 Å². The number of hydrogen-bond acceptors (Lipinski definition) is 4. The molecule has 0 radical (unpaired) electrons. The molecule has 0 spiro atoms. The molecule has 0 fully saturated rings. The van der Waals surface area contributed by atoms with Gasteiger partial charge in [0.15, 0.2) is 11.5 Å². The Hall–Kier alpha value is -3.08. The molecule has 29 heavy (non-hydrogen) atoms. The highest BCUT2D eigenvalue weighted by Crippen LogP contribution is 2.44. The summed E-state index contributed by atoms with van der Waals surface area (Å²) in [6, 6.07) is 12.2. The Morgan fingerprint density at radius 2 is 1.86 bits per heavy atom. The average Bonchev–Trinajstić information content (AvgIpc) is 3.05. The number of ketones is 1. The third-order valence-corrected chi connectivity index (χ3v) is 5.69. The number of H-pyrrole nitrogens is 1. The normalized spacial score (nSPS) is 17.1. The molecule has 0 saturated carbocycles. The molecule has 0 saturated heterocycles. The van der Waals surface area contributed by atoms with E-state index in [1.54, 1.807) is 6.20 Å². The molecule has 1 aliphatic carbocycles. The number of ether oxygens (including phenoxy) is 2. The van der Waals surface area contributed by atoms with Crippen molar-refractivity contribution in [2.45, 2.75) is 33.1 Å². The number of Topliss-reactive ketones (excluding diaryl/α,β-unsaturated/α-hetero) is 1. The number of fused-ring (bicyclic) bond motifs is 2. The molecule has 1 aliphatic heterocycles. The Balaban J connectivity index is 1.71. The lowest BCUT2D eigenvalue weighted by Gasteiger charge is -2.28. The Kier molecular flexibility index (Phi) is 4.19. The number of nitrogens with zero attached hydrogens (tertiary/aromatic N) is 1. The number of pyridine rings is 1.